The van der Waals surface area contributed by atoms with Crippen LogP contribution in [-0.4, -0.2) is 15.0 Å². The predicted molar refractivity (Wildman–Crippen MR) is 286 cm³/mol. The van der Waals surface area contributed by atoms with Crippen molar-refractivity contribution in [1.82, 2.24) is 15.0 Å². The van der Waals surface area contributed by atoms with Gasteiger partial charge in [-0.15, -0.1) is 11.3 Å². The molecule has 1 aliphatic rings. The monoisotopic (exact) mass is 911 g/mol. The van der Waals surface area contributed by atoms with Gasteiger partial charge in [0.15, 0.2) is 17.5 Å². The van der Waals surface area contributed by atoms with E-state index < -0.39 is 5.41 Å². The fraction of sp³-hybridized carbons (Fsp3) is 0.0156. The Labute approximate surface area is 405 Å². The second-order valence-corrected chi connectivity index (χ2v) is 19.3. The van der Waals surface area contributed by atoms with Gasteiger partial charge in [-0.05, 0) is 105 Å². The molecule has 0 fully saturated rings. The molecular weight excluding hydrogens is 875 g/mol. The van der Waals surface area contributed by atoms with Gasteiger partial charge in [0.1, 0.15) is 22.3 Å². The van der Waals surface area contributed by atoms with Crippen LogP contribution in [0.4, 0.5) is 0 Å². The van der Waals surface area contributed by atoms with E-state index >= 15 is 0 Å². The van der Waals surface area contributed by atoms with Crippen molar-refractivity contribution < 1.29 is 8.83 Å². The summed E-state index contributed by atoms with van der Waals surface area (Å²) in [7, 11) is 0. The van der Waals surface area contributed by atoms with E-state index in [0.29, 0.717) is 17.5 Å². The molecule has 0 aliphatic heterocycles. The molecule has 6 heteroatoms. The van der Waals surface area contributed by atoms with Crippen molar-refractivity contribution in [2.45, 2.75) is 5.41 Å². The third kappa shape index (κ3) is 5.68. The van der Waals surface area contributed by atoms with Gasteiger partial charge in [-0.2, -0.15) is 0 Å². The van der Waals surface area contributed by atoms with Crippen LogP contribution in [0.3, 0.4) is 0 Å². The first-order valence-corrected chi connectivity index (χ1v) is 24.4. The Morgan fingerprint density at radius 1 is 0.314 bits per heavy atom. The number of thiophene rings is 1. The van der Waals surface area contributed by atoms with E-state index in [0.717, 1.165) is 77.1 Å². The fourth-order valence-corrected chi connectivity index (χ4v) is 12.5. The lowest BCUT2D eigenvalue weighted by atomic mass is 9.67. The van der Waals surface area contributed by atoms with Crippen LogP contribution < -0.4 is 0 Å². The van der Waals surface area contributed by atoms with Gasteiger partial charge in [-0.3, -0.25) is 0 Å². The van der Waals surface area contributed by atoms with Gasteiger partial charge in [-0.1, -0.05) is 164 Å². The lowest BCUT2D eigenvalue weighted by Gasteiger charge is -2.34. The van der Waals surface area contributed by atoms with Gasteiger partial charge in [0, 0.05) is 58.4 Å². The maximum atomic E-state index is 6.70. The van der Waals surface area contributed by atoms with E-state index in [4.69, 9.17) is 23.8 Å². The molecule has 0 saturated carbocycles. The molecule has 0 unspecified atom stereocenters. The molecule has 326 valence electrons. The van der Waals surface area contributed by atoms with E-state index in [9.17, 15) is 0 Å². The molecule has 0 N–H and O–H groups in total. The van der Waals surface area contributed by atoms with E-state index in [1.807, 2.05) is 42.5 Å². The van der Waals surface area contributed by atoms with Gasteiger partial charge in [0.2, 0.25) is 0 Å². The highest BCUT2D eigenvalue weighted by Crippen LogP contribution is 2.57. The average molecular weight is 912 g/mol. The van der Waals surface area contributed by atoms with Gasteiger partial charge < -0.3 is 8.83 Å². The highest BCUT2D eigenvalue weighted by molar-refractivity contribution is 7.25. The summed E-state index contributed by atoms with van der Waals surface area (Å²) >= 11 is 1.79. The van der Waals surface area contributed by atoms with Crippen molar-refractivity contribution in [3.8, 4) is 56.4 Å². The van der Waals surface area contributed by atoms with Crippen molar-refractivity contribution >= 4 is 75.4 Å². The van der Waals surface area contributed by atoms with Crippen LogP contribution in [0.2, 0.25) is 0 Å². The van der Waals surface area contributed by atoms with Crippen LogP contribution in [0.15, 0.2) is 233 Å². The number of aromatic nitrogens is 3. The second kappa shape index (κ2) is 15.0. The predicted octanol–water partition coefficient (Wildman–Crippen LogP) is 17.1. The minimum atomic E-state index is -0.507. The molecule has 70 heavy (non-hydrogen) atoms. The van der Waals surface area contributed by atoms with E-state index in [1.54, 1.807) is 11.3 Å². The summed E-state index contributed by atoms with van der Waals surface area (Å²) < 4.78 is 15.4. The normalized spacial score (nSPS) is 13.0. The molecule has 1 aliphatic carbocycles. The van der Waals surface area contributed by atoms with Crippen LogP contribution in [0.1, 0.15) is 22.3 Å². The summed E-state index contributed by atoms with van der Waals surface area (Å²) in [6.07, 6.45) is 0. The summed E-state index contributed by atoms with van der Waals surface area (Å²) in [5.74, 6) is 1.75. The Bertz CT molecular complexity index is 4390. The van der Waals surface area contributed by atoms with Crippen molar-refractivity contribution in [3.05, 3.63) is 247 Å². The molecule has 4 heterocycles. The molecule has 5 nitrogen and oxygen atoms in total. The SMILES string of the molecule is c1ccc(C2(c3ccccc3)c3ccccc3-c3ccc(-c4ccc5oc6cccc(-c7nc(-c8ccc9oc%10ccccc%10c9c8)nc(-c8cccc9sc%10ccccc%10c89)n7)c6c5c4)cc32)cc1. The number of nitrogens with zero attached hydrogens (tertiary/aromatic N) is 3. The smallest absolute Gasteiger partial charge is 0.164 e. The molecule has 0 atom stereocenters. The zero-order chi connectivity index (χ0) is 45.9. The number of furan rings is 2. The van der Waals surface area contributed by atoms with Crippen LogP contribution in [0, 0.1) is 0 Å². The minimum Gasteiger partial charge on any atom is -0.456 e. The molecule has 0 spiro atoms. The maximum Gasteiger partial charge on any atom is 0.164 e. The van der Waals surface area contributed by atoms with Gasteiger partial charge >= 0.3 is 0 Å². The first kappa shape index (κ1) is 39.1. The van der Waals surface area contributed by atoms with Crippen molar-refractivity contribution in [1.29, 1.82) is 0 Å². The number of hydrogen-bond donors (Lipinski definition) is 0. The second-order valence-electron chi connectivity index (χ2n) is 18.2. The van der Waals surface area contributed by atoms with Crippen LogP contribution in [0.5, 0.6) is 0 Å². The molecule has 14 aromatic rings. The average Bonchev–Trinajstić information content (AvgIpc) is 4.19. The number of para-hydroxylation sites is 1. The summed E-state index contributed by atoms with van der Waals surface area (Å²) in [6, 6.07) is 79.9. The summed E-state index contributed by atoms with van der Waals surface area (Å²) in [6.45, 7) is 0. The largest absolute Gasteiger partial charge is 0.456 e. The molecule has 0 bridgehead atoms. The molecule has 4 aromatic heterocycles. The minimum absolute atomic E-state index is 0.507. The van der Waals surface area contributed by atoms with Crippen molar-refractivity contribution in [2.75, 3.05) is 0 Å². The number of hydrogen-bond acceptors (Lipinski definition) is 6. The van der Waals surface area contributed by atoms with Crippen LogP contribution in [0.25, 0.3) is 120 Å². The standard InChI is InChI=1S/C64H37N3O2S/c1-3-15-41(16-4-1)64(42-17-5-2-6-18-42)51-24-10-7-19-43(51)44-32-29-39(37-52(44)64)38-30-33-55-50(35-38)59-47(22-13-26-56(59)69-55)62-65-61(40-31-34-54-49(36-40)45-20-8-11-25-53(45)68-54)66-63(67-62)48-23-14-28-58-60(48)46-21-9-12-27-57(46)70-58/h1-37H. The lowest BCUT2D eigenvalue weighted by molar-refractivity contribution is 0.668. The third-order valence-electron chi connectivity index (χ3n) is 14.4. The van der Waals surface area contributed by atoms with Gasteiger partial charge in [0.25, 0.3) is 0 Å². The van der Waals surface area contributed by atoms with Gasteiger partial charge in [0.05, 0.1) is 5.41 Å². The van der Waals surface area contributed by atoms with E-state index in [1.165, 1.54) is 48.2 Å². The first-order valence-electron chi connectivity index (χ1n) is 23.6. The topological polar surface area (TPSA) is 65.0 Å². The molecule has 10 aromatic carbocycles. The van der Waals surface area contributed by atoms with E-state index in [-0.39, 0.29) is 0 Å². The summed E-state index contributed by atoms with van der Waals surface area (Å²) in [4.78, 5) is 16.1. The van der Waals surface area contributed by atoms with E-state index in [2.05, 4.69) is 182 Å². The Morgan fingerprint density at radius 2 is 0.843 bits per heavy atom. The summed E-state index contributed by atoms with van der Waals surface area (Å²) in [5.41, 5.74) is 15.2. The Balaban J connectivity index is 0.943. The first-order chi connectivity index (χ1) is 34.7. The Kier molecular flexibility index (Phi) is 8.38. The lowest BCUT2D eigenvalue weighted by Crippen LogP contribution is -2.28. The highest BCUT2D eigenvalue weighted by Gasteiger charge is 2.46. The van der Waals surface area contributed by atoms with Crippen molar-refractivity contribution in [3.63, 3.8) is 0 Å². The van der Waals surface area contributed by atoms with Gasteiger partial charge in [-0.25, -0.2) is 15.0 Å². The molecular formula is C64H37N3O2S. The Hall–Kier alpha value is -8.97. The summed E-state index contributed by atoms with van der Waals surface area (Å²) in [5, 5.41) is 6.33. The number of benzene rings is 10. The quantitative estimate of drug-likeness (QED) is 0.166. The number of fused-ring (bicyclic) bond motifs is 12. The third-order valence-corrected chi connectivity index (χ3v) is 15.6. The van der Waals surface area contributed by atoms with Crippen molar-refractivity contribution in [2.24, 2.45) is 0 Å². The maximum absolute atomic E-state index is 6.70. The zero-order valence-corrected chi connectivity index (χ0v) is 38.2. The zero-order valence-electron chi connectivity index (χ0n) is 37.4. The molecule has 0 amide bonds. The molecule has 0 radical (unpaired) electrons. The fourth-order valence-electron chi connectivity index (χ4n) is 11.4. The molecule has 15 rings (SSSR count). The number of rotatable bonds is 6. The Morgan fingerprint density at radius 3 is 1.66 bits per heavy atom. The van der Waals surface area contributed by atoms with Crippen LogP contribution >= 0.6 is 11.3 Å². The highest BCUT2D eigenvalue weighted by atomic mass is 32.1. The van der Waals surface area contributed by atoms with Crippen LogP contribution in [-0.2, 0) is 5.41 Å². The molecule has 0 saturated heterocycles.